The number of anilines is 1. The number of rotatable bonds is 5. The predicted molar refractivity (Wildman–Crippen MR) is 110 cm³/mol. The average molecular weight is 421 g/mol. The third-order valence-corrected chi connectivity index (χ3v) is 6.10. The Morgan fingerprint density at radius 1 is 1.21 bits per heavy atom. The highest BCUT2D eigenvalue weighted by atomic mass is 32.2. The molecule has 1 heterocycles. The lowest BCUT2D eigenvalue weighted by Crippen LogP contribution is -2.50. The smallest absolute Gasteiger partial charge is 0.244 e. The summed E-state index contributed by atoms with van der Waals surface area (Å²) in [6, 6.07) is 11.1. The Kier molecular flexibility index (Phi) is 5.58. The molecule has 0 aromatic heterocycles. The summed E-state index contributed by atoms with van der Waals surface area (Å²) in [4.78, 5) is 13.0. The first-order valence-corrected chi connectivity index (χ1v) is 11.2. The summed E-state index contributed by atoms with van der Waals surface area (Å²) in [7, 11) is -3.77. The third-order valence-electron chi connectivity index (χ3n) is 4.86. The highest BCUT2D eigenvalue weighted by molar-refractivity contribution is 7.92. The number of sulfonamides is 1. The molecule has 0 saturated heterocycles. The highest BCUT2D eigenvalue weighted by Gasteiger charge is 2.36. The quantitative estimate of drug-likeness (QED) is 0.805. The van der Waals surface area contributed by atoms with Crippen molar-refractivity contribution in [1.29, 1.82) is 0 Å². The van der Waals surface area contributed by atoms with Crippen molar-refractivity contribution in [2.24, 2.45) is 0 Å². The molecule has 1 amide bonds. The molecule has 8 heteroatoms. The van der Waals surface area contributed by atoms with E-state index in [0.29, 0.717) is 12.2 Å². The largest absolute Gasteiger partial charge is 0.487 e. The zero-order valence-corrected chi connectivity index (χ0v) is 17.7. The normalized spacial score (nSPS) is 18.9. The third kappa shape index (κ3) is 4.70. The number of benzene rings is 2. The minimum atomic E-state index is -3.77. The molecule has 0 aliphatic carbocycles. The van der Waals surface area contributed by atoms with Crippen LogP contribution in [0.2, 0.25) is 0 Å². The minimum Gasteiger partial charge on any atom is -0.487 e. The van der Waals surface area contributed by atoms with E-state index in [9.17, 15) is 17.6 Å². The van der Waals surface area contributed by atoms with Crippen LogP contribution in [0.4, 0.5) is 10.1 Å². The zero-order valence-electron chi connectivity index (χ0n) is 16.8. The molecule has 0 spiro atoms. The fourth-order valence-electron chi connectivity index (χ4n) is 3.62. The van der Waals surface area contributed by atoms with Crippen molar-refractivity contribution in [1.82, 2.24) is 5.32 Å². The van der Waals surface area contributed by atoms with Gasteiger partial charge in [0, 0.05) is 12.0 Å². The number of hydrogen-bond donors (Lipinski definition) is 1. The monoisotopic (exact) mass is 420 g/mol. The summed E-state index contributed by atoms with van der Waals surface area (Å²) >= 11 is 0. The number of nitrogens with one attached hydrogen (secondary N) is 1. The van der Waals surface area contributed by atoms with Gasteiger partial charge in [0.1, 0.15) is 23.2 Å². The van der Waals surface area contributed by atoms with Crippen molar-refractivity contribution in [3.8, 4) is 5.75 Å². The molecule has 1 N–H and O–H groups in total. The fraction of sp³-hybridized carbons (Fsp3) is 0.381. The number of carbonyl (C=O) groups excluding carboxylic acids is 1. The standard InChI is InChI=1S/C21H25FN2O4S/c1-14(24(29(4,26)27)16-11-9-15(22)10-12-16)20(25)23-18-13-21(2,3)28-19-8-6-5-7-17(18)19/h5-12,14,18H,13H2,1-4H3,(H,23,25)/t14-,18+/m0/s1. The first kappa shape index (κ1) is 21.1. The molecule has 29 heavy (non-hydrogen) atoms. The van der Waals surface area contributed by atoms with Gasteiger partial charge >= 0.3 is 0 Å². The van der Waals surface area contributed by atoms with Gasteiger partial charge in [0.2, 0.25) is 15.9 Å². The van der Waals surface area contributed by atoms with Crippen LogP contribution < -0.4 is 14.4 Å². The van der Waals surface area contributed by atoms with E-state index >= 15 is 0 Å². The molecular formula is C21H25FN2O4S. The number of carbonyl (C=O) groups is 1. The van der Waals surface area contributed by atoms with E-state index in [4.69, 9.17) is 4.74 Å². The summed E-state index contributed by atoms with van der Waals surface area (Å²) in [6.45, 7) is 5.38. The van der Waals surface area contributed by atoms with Gasteiger partial charge in [-0.25, -0.2) is 12.8 Å². The summed E-state index contributed by atoms with van der Waals surface area (Å²) in [5.41, 5.74) is 0.590. The van der Waals surface area contributed by atoms with Crippen LogP contribution in [-0.2, 0) is 14.8 Å². The second-order valence-electron chi connectivity index (χ2n) is 7.88. The zero-order chi connectivity index (χ0) is 21.4. The van der Waals surface area contributed by atoms with Crippen molar-refractivity contribution in [2.75, 3.05) is 10.6 Å². The topological polar surface area (TPSA) is 75.7 Å². The Labute approximate surface area is 170 Å². The van der Waals surface area contributed by atoms with E-state index in [1.807, 2.05) is 38.1 Å². The molecule has 2 atom stereocenters. The SMILES string of the molecule is C[C@@H](C(=O)N[C@@H]1CC(C)(C)Oc2ccccc21)N(c1ccc(F)cc1)S(C)(=O)=O. The molecule has 2 aromatic rings. The molecule has 0 unspecified atom stereocenters. The predicted octanol–water partition coefficient (Wildman–Crippen LogP) is 3.40. The molecule has 3 rings (SSSR count). The first-order chi connectivity index (χ1) is 13.5. The fourth-order valence-corrected chi connectivity index (χ4v) is 4.79. The van der Waals surface area contributed by atoms with Crippen molar-refractivity contribution < 1.29 is 22.3 Å². The van der Waals surface area contributed by atoms with Crippen LogP contribution in [0.15, 0.2) is 48.5 Å². The summed E-state index contributed by atoms with van der Waals surface area (Å²) < 4.78 is 45.0. The molecule has 0 bridgehead atoms. The lowest BCUT2D eigenvalue weighted by Gasteiger charge is -2.38. The number of hydrogen-bond acceptors (Lipinski definition) is 4. The Morgan fingerprint density at radius 2 is 1.83 bits per heavy atom. The van der Waals surface area contributed by atoms with Gasteiger partial charge in [0.05, 0.1) is 18.0 Å². The van der Waals surface area contributed by atoms with Crippen LogP contribution in [0, 0.1) is 5.82 Å². The lowest BCUT2D eigenvalue weighted by atomic mass is 9.89. The van der Waals surface area contributed by atoms with E-state index in [2.05, 4.69) is 5.32 Å². The Bertz CT molecular complexity index is 1010. The molecule has 1 aliphatic heterocycles. The van der Waals surface area contributed by atoms with Crippen LogP contribution in [0.25, 0.3) is 0 Å². The number of ether oxygens (including phenoxy) is 1. The highest BCUT2D eigenvalue weighted by Crippen LogP contribution is 2.39. The van der Waals surface area contributed by atoms with Crippen LogP contribution in [0.3, 0.4) is 0 Å². The molecule has 0 radical (unpaired) electrons. The van der Waals surface area contributed by atoms with Crippen LogP contribution >= 0.6 is 0 Å². The van der Waals surface area contributed by atoms with E-state index in [-0.39, 0.29) is 11.7 Å². The molecular weight excluding hydrogens is 395 g/mol. The van der Waals surface area contributed by atoms with Crippen molar-refractivity contribution in [2.45, 2.75) is 44.9 Å². The second kappa shape index (κ2) is 7.67. The van der Waals surface area contributed by atoms with Gasteiger partial charge in [-0.15, -0.1) is 0 Å². The number of para-hydroxylation sites is 1. The van der Waals surface area contributed by atoms with Crippen molar-refractivity contribution >= 4 is 21.6 Å². The Hall–Kier alpha value is -2.61. The molecule has 6 nitrogen and oxygen atoms in total. The van der Waals surface area contributed by atoms with Crippen molar-refractivity contribution in [3.63, 3.8) is 0 Å². The summed E-state index contributed by atoms with van der Waals surface area (Å²) in [5.74, 6) is -0.238. The first-order valence-electron chi connectivity index (χ1n) is 9.31. The van der Waals surface area contributed by atoms with Crippen LogP contribution in [0.1, 0.15) is 38.8 Å². The summed E-state index contributed by atoms with van der Waals surface area (Å²) in [6.07, 6.45) is 1.56. The number of halogens is 1. The molecule has 1 aliphatic rings. The van der Waals surface area contributed by atoms with Gasteiger partial charge in [0.25, 0.3) is 0 Å². The Morgan fingerprint density at radius 3 is 2.45 bits per heavy atom. The van der Waals surface area contributed by atoms with E-state index in [0.717, 1.165) is 28.3 Å². The van der Waals surface area contributed by atoms with Gasteiger partial charge in [-0.1, -0.05) is 18.2 Å². The maximum absolute atomic E-state index is 13.3. The lowest BCUT2D eigenvalue weighted by molar-refractivity contribution is -0.123. The van der Waals surface area contributed by atoms with E-state index < -0.39 is 33.4 Å². The number of fused-ring (bicyclic) bond motifs is 1. The number of amides is 1. The molecule has 0 fully saturated rings. The van der Waals surface area contributed by atoms with Gasteiger partial charge in [-0.05, 0) is 51.1 Å². The second-order valence-corrected chi connectivity index (χ2v) is 9.74. The van der Waals surface area contributed by atoms with Crippen LogP contribution in [-0.4, -0.2) is 32.2 Å². The maximum atomic E-state index is 13.3. The van der Waals surface area contributed by atoms with Crippen LogP contribution in [0.5, 0.6) is 5.75 Å². The van der Waals surface area contributed by atoms with E-state index in [1.165, 1.54) is 19.1 Å². The number of nitrogens with zero attached hydrogens (tertiary/aromatic N) is 1. The van der Waals surface area contributed by atoms with Gasteiger partial charge in [-0.3, -0.25) is 9.10 Å². The van der Waals surface area contributed by atoms with Gasteiger partial charge in [0.15, 0.2) is 0 Å². The van der Waals surface area contributed by atoms with Crippen molar-refractivity contribution in [3.05, 3.63) is 59.9 Å². The molecule has 2 aromatic carbocycles. The minimum absolute atomic E-state index is 0.226. The van der Waals surface area contributed by atoms with Gasteiger partial charge in [-0.2, -0.15) is 0 Å². The maximum Gasteiger partial charge on any atom is 0.244 e. The van der Waals surface area contributed by atoms with E-state index in [1.54, 1.807) is 0 Å². The average Bonchev–Trinajstić information content (AvgIpc) is 2.61. The molecule has 0 saturated carbocycles. The Balaban J connectivity index is 1.88. The summed E-state index contributed by atoms with van der Waals surface area (Å²) in [5, 5.41) is 2.97. The molecule has 156 valence electrons. The van der Waals surface area contributed by atoms with Gasteiger partial charge < -0.3 is 10.1 Å².